The quantitative estimate of drug-likeness (QED) is 0.132. The van der Waals surface area contributed by atoms with Crippen molar-refractivity contribution in [3.63, 3.8) is 0 Å². The van der Waals surface area contributed by atoms with Crippen molar-refractivity contribution in [1.29, 1.82) is 0 Å². The Labute approximate surface area is 287 Å². The van der Waals surface area contributed by atoms with E-state index in [0.717, 1.165) is 13.1 Å². The van der Waals surface area contributed by atoms with Gasteiger partial charge in [0.1, 0.15) is 0 Å². The summed E-state index contributed by atoms with van der Waals surface area (Å²) in [5, 5.41) is 0. The van der Waals surface area contributed by atoms with Gasteiger partial charge in [0.15, 0.2) is 0 Å². The Morgan fingerprint density at radius 3 is 1.06 bits per heavy atom. The van der Waals surface area contributed by atoms with Gasteiger partial charge in [0.2, 0.25) is 0 Å². The maximum absolute atomic E-state index is 2.39. The molecule has 238 valence electrons. The number of hydrogen-bond acceptors (Lipinski definition) is 2. The van der Waals surface area contributed by atoms with Crippen molar-refractivity contribution in [2.24, 2.45) is 0 Å². The number of hydrogen-bond donors (Lipinski definition) is 0. The van der Waals surface area contributed by atoms with Crippen LogP contribution < -0.4 is 9.80 Å². The fraction of sp³-hybridized carbons (Fsp3) is 0.130. The van der Waals surface area contributed by atoms with Crippen LogP contribution in [0.1, 0.15) is 47.2 Å². The second kappa shape index (κ2) is 15.3. The van der Waals surface area contributed by atoms with Gasteiger partial charge in [0.05, 0.1) is 0 Å². The molecule has 0 aliphatic carbocycles. The Balaban J connectivity index is 1.33. The number of aryl methyl sites for hydroxylation is 2. The number of anilines is 2. The second-order valence-corrected chi connectivity index (χ2v) is 12.2. The van der Waals surface area contributed by atoms with Gasteiger partial charge in [-0.1, -0.05) is 145 Å². The third-order valence-electron chi connectivity index (χ3n) is 8.81. The van der Waals surface area contributed by atoms with Crippen molar-refractivity contribution in [3.8, 4) is 11.1 Å². The van der Waals surface area contributed by atoms with Crippen LogP contribution >= 0.6 is 0 Å². The van der Waals surface area contributed by atoms with Gasteiger partial charge in [-0.15, -0.1) is 0 Å². The average molecular weight is 625 g/mol. The molecule has 0 amide bonds. The molecule has 48 heavy (non-hydrogen) atoms. The lowest BCUT2D eigenvalue weighted by atomic mass is 9.98. The SMILES string of the molecule is CCN(C(=Cc1ccccc1)c1ccc(-c2ccc(C(=Cc3ccccc3)N(CC)c3ccc(C)cc3)cc2)cc1)c1ccc(C)cc1. The molecule has 0 spiro atoms. The van der Waals surface area contributed by atoms with Crippen LogP contribution in [-0.4, -0.2) is 13.1 Å². The van der Waals surface area contributed by atoms with E-state index in [4.69, 9.17) is 0 Å². The van der Waals surface area contributed by atoms with E-state index < -0.39 is 0 Å². The van der Waals surface area contributed by atoms with Crippen molar-refractivity contribution in [3.05, 3.63) is 191 Å². The highest BCUT2D eigenvalue weighted by Crippen LogP contribution is 2.33. The summed E-state index contributed by atoms with van der Waals surface area (Å²) in [5.74, 6) is 0. The summed E-state index contributed by atoms with van der Waals surface area (Å²) in [6.07, 6.45) is 4.59. The third-order valence-corrected chi connectivity index (χ3v) is 8.81. The molecule has 0 saturated heterocycles. The molecule has 2 heteroatoms. The first kappa shape index (κ1) is 32.3. The predicted octanol–water partition coefficient (Wildman–Crippen LogP) is 12.0. The minimum atomic E-state index is 0.862. The predicted molar refractivity (Wildman–Crippen MR) is 209 cm³/mol. The number of nitrogens with zero attached hydrogens (tertiary/aromatic N) is 2. The highest BCUT2D eigenvalue weighted by Gasteiger charge is 2.15. The smallest absolute Gasteiger partial charge is 0.0490 e. The van der Waals surface area contributed by atoms with Crippen LogP contribution in [0.25, 0.3) is 34.7 Å². The Kier molecular flexibility index (Phi) is 10.3. The van der Waals surface area contributed by atoms with Crippen LogP contribution in [-0.2, 0) is 0 Å². The van der Waals surface area contributed by atoms with Gasteiger partial charge in [-0.2, -0.15) is 0 Å². The monoisotopic (exact) mass is 624 g/mol. The van der Waals surface area contributed by atoms with Crippen molar-refractivity contribution in [1.82, 2.24) is 0 Å². The molecular formula is C46H44N2. The zero-order valence-corrected chi connectivity index (χ0v) is 28.5. The van der Waals surface area contributed by atoms with Gasteiger partial charge in [-0.3, -0.25) is 0 Å². The van der Waals surface area contributed by atoms with Crippen LogP contribution in [0.5, 0.6) is 0 Å². The lowest BCUT2D eigenvalue weighted by Crippen LogP contribution is -2.21. The molecule has 0 N–H and O–H groups in total. The zero-order valence-electron chi connectivity index (χ0n) is 28.5. The van der Waals surface area contributed by atoms with Gasteiger partial charge >= 0.3 is 0 Å². The highest BCUT2D eigenvalue weighted by atomic mass is 15.1. The zero-order chi connectivity index (χ0) is 33.3. The van der Waals surface area contributed by atoms with Crippen LogP contribution in [0.3, 0.4) is 0 Å². The van der Waals surface area contributed by atoms with E-state index in [9.17, 15) is 0 Å². The van der Waals surface area contributed by atoms with E-state index in [2.05, 4.69) is 207 Å². The molecular weight excluding hydrogens is 581 g/mol. The summed E-state index contributed by atoms with van der Waals surface area (Å²) < 4.78 is 0. The van der Waals surface area contributed by atoms with E-state index in [1.807, 2.05) is 0 Å². The molecule has 6 rings (SSSR count). The van der Waals surface area contributed by atoms with Gasteiger partial charge in [-0.25, -0.2) is 0 Å². The Morgan fingerprint density at radius 1 is 0.417 bits per heavy atom. The number of benzene rings is 6. The minimum absolute atomic E-state index is 0.862. The molecule has 2 nitrogen and oxygen atoms in total. The molecule has 0 aliphatic heterocycles. The van der Waals surface area contributed by atoms with Gasteiger partial charge < -0.3 is 9.80 Å². The summed E-state index contributed by atoms with van der Waals surface area (Å²) >= 11 is 0. The topological polar surface area (TPSA) is 6.48 Å². The number of rotatable bonds is 11. The minimum Gasteiger partial charge on any atom is -0.341 e. The molecule has 0 aliphatic rings. The fourth-order valence-electron chi connectivity index (χ4n) is 6.15. The molecule has 0 fully saturated rings. The van der Waals surface area contributed by atoms with Crippen molar-refractivity contribution < 1.29 is 0 Å². The molecule has 6 aromatic carbocycles. The summed E-state index contributed by atoms with van der Waals surface area (Å²) in [6, 6.07) is 56.8. The Bertz CT molecular complexity index is 1800. The fourth-order valence-corrected chi connectivity index (χ4v) is 6.15. The molecule has 0 bridgehead atoms. The first-order valence-electron chi connectivity index (χ1n) is 17.0. The summed E-state index contributed by atoms with van der Waals surface area (Å²) in [7, 11) is 0. The van der Waals surface area contributed by atoms with Crippen LogP contribution in [0, 0.1) is 13.8 Å². The molecule has 0 saturated carbocycles. The molecule has 0 heterocycles. The van der Waals surface area contributed by atoms with Crippen molar-refractivity contribution in [2.75, 3.05) is 22.9 Å². The molecule has 6 aromatic rings. The second-order valence-electron chi connectivity index (χ2n) is 12.2. The summed E-state index contributed by atoms with van der Waals surface area (Å²) in [6.45, 7) is 10.4. The van der Waals surface area contributed by atoms with E-state index in [1.165, 1.54) is 67.3 Å². The van der Waals surface area contributed by atoms with Crippen LogP contribution in [0.2, 0.25) is 0 Å². The molecule has 0 radical (unpaired) electrons. The van der Waals surface area contributed by atoms with E-state index >= 15 is 0 Å². The lowest BCUT2D eigenvalue weighted by molar-refractivity contribution is 1.03. The van der Waals surface area contributed by atoms with Gasteiger partial charge in [-0.05, 0) is 97.5 Å². The molecule has 0 atom stereocenters. The molecule has 0 aromatic heterocycles. The largest absolute Gasteiger partial charge is 0.341 e. The first-order chi connectivity index (χ1) is 23.5. The molecule has 0 unspecified atom stereocenters. The maximum Gasteiger partial charge on any atom is 0.0490 e. The lowest BCUT2D eigenvalue weighted by Gasteiger charge is -2.27. The van der Waals surface area contributed by atoms with Crippen LogP contribution in [0.15, 0.2) is 158 Å². The summed E-state index contributed by atoms with van der Waals surface area (Å²) in [5.41, 5.74) is 14.4. The summed E-state index contributed by atoms with van der Waals surface area (Å²) in [4.78, 5) is 4.79. The van der Waals surface area contributed by atoms with Crippen molar-refractivity contribution >= 4 is 34.9 Å². The standard InChI is InChI=1S/C46H44N2/c1-5-47(43-29-17-35(3)18-30-43)45(33-37-13-9-7-10-14-37)41-25-21-39(22-26-41)40-23-27-42(28-24-40)46(34-38-15-11-8-12-16-38)48(6-2)44-31-19-36(4)20-32-44/h7-34H,5-6H2,1-4H3. The highest BCUT2D eigenvalue weighted by molar-refractivity contribution is 5.92. The Hall–Kier alpha value is -5.60. The maximum atomic E-state index is 2.39. The Morgan fingerprint density at radius 2 is 0.750 bits per heavy atom. The first-order valence-corrected chi connectivity index (χ1v) is 17.0. The normalized spacial score (nSPS) is 11.8. The average Bonchev–Trinajstić information content (AvgIpc) is 3.14. The van der Waals surface area contributed by atoms with E-state index in [0.29, 0.717) is 0 Å². The van der Waals surface area contributed by atoms with E-state index in [1.54, 1.807) is 0 Å². The van der Waals surface area contributed by atoms with Gasteiger partial charge in [0, 0.05) is 35.9 Å². The van der Waals surface area contributed by atoms with Crippen molar-refractivity contribution in [2.45, 2.75) is 27.7 Å². The van der Waals surface area contributed by atoms with Gasteiger partial charge in [0.25, 0.3) is 0 Å². The third kappa shape index (κ3) is 7.67. The van der Waals surface area contributed by atoms with E-state index in [-0.39, 0.29) is 0 Å². The van der Waals surface area contributed by atoms with Crippen LogP contribution in [0.4, 0.5) is 11.4 Å².